The fraction of sp³-hybridized carbons (Fsp3) is 0.640. The molecule has 0 aliphatic heterocycles. The van der Waals surface area contributed by atoms with Crippen LogP contribution in [0.3, 0.4) is 0 Å². The van der Waals surface area contributed by atoms with E-state index in [0.29, 0.717) is 12.0 Å². The summed E-state index contributed by atoms with van der Waals surface area (Å²) in [5.74, 6) is -2.13. The molecule has 0 aliphatic carbocycles. The molecule has 0 atom stereocenters. The largest absolute Gasteiger partial charge is 0.481 e. The van der Waals surface area contributed by atoms with E-state index in [4.69, 9.17) is 10.2 Å². The van der Waals surface area contributed by atoms with E-state index >= 15 is 0 Å². The number of hydrogen-bond donors (Lipinski definition) is 4. The van der Waals surface area contributed by atoms with Crippen molar-refractivity contribution in [2.45, 2.75) is 89.9 Å². The van der Waals surface area contributed by atoms with Crippen LogP contribution < -0.4 is 10.6 Å². The van der Waals surface area contributed by atoms with Crippen molar-refractivity contribution in [2.75, 3.05) is 18.4 Å². The van der Waals surface area contributed by atoms with Crippen molar-refractivity contribution in [3.63, 3.8) is 0 Å². The van der Waals surface area contributed by atoms with Crippen molar-refractivity contribution >= 4 is 23.5 Å². The highest BCUT2D eigenvalue weighted by molar-refractivity contribution is 5.96. The molecule has 0 aromatic heterocycles. The van der Waals surface area contributed by atoms with E-state index in [9.17, 15) is 14.4 Å². The first-order chi connectivity index (χ1) is 15.5. The molecule has 1 aromatic carbocycles. The Hall–Kier alpha value is -2.57. The van der Waals surface area contributed by atoms with Crippen LogP contribution in [0.15, 0.2) is 24.3 Å². The summed E-state index contributed by atoms with van der Waals surface area (Å²) in [5, 5.41) is 22.9. The van der Waals surface area contributed by atoms with Gasteiger partial charge in [0.25, 0.3) is 5.91 Å². The molecule has 7 nitrogen and oxygen atoms in total. The van der Waals surface area contributed by atoms with Crippen molar-refractivity contribution in [3.8, 4) is 0 Å². The van der Waals surface area contributed by atoms with Crippen LogP contribution >= 0.6 is 0 Å². The predicted molar refractivity (Wildman–Crippen MR) is 127 cm³/mol. The molecule has 1 aromatic rings. The van der Waals surface area contributed by atoms with Crippen molar-refractivity contribution in [1.82, 2.24) is 5.32 Å². The van der Waals surface area contributed by atoms with Gasteiger partial charge in [0.05, 0.1) is 0 Å². The quantitative estimate of drug-likeness (QED) is 0.197. The number of carbonyl (C=O) groups excluding carboxylic acids is 1. The van der Waals surface area contributed by atoms with Gasteiger partial charge >= 0.3 is 11.9 Å². The Labute approximate surface area is 192 Å². The number of carbonyl (C=O) groups is 3. The molecule has 180 valence electrons. The minimum absolute atomic E-state index is 0.306. The molecule has 0 aliphatic rings. The maximum Gasteiger partial charge on any atom is 0.322 e. The van der Waals surface area contributed by atoms with E-state index in [2.05, 4.69) is 10.6 Å². The second-order valence-electron chi connectivity index (χ2n) is 8.32. The van der Waals surface area contributed by atoms with E-state index in [0.717, 1.165) is 37.9 Å². The average molecular weight is 449 g/mol. The summed E-state index contributed by atoms with van der Waals surface area (Å²) in [6.45, 7) is 0.521. The van der Waals surface area contributed by atoms with Crippen LogP contribution in [0, 0.1) is 0 Å². The van der Waals surface area contributed by atoms with Gasteiger partial charge < -0.3 is 20.8 Å². The highest BCUT2D eigenvalue weighted by Gasteiger charge is 2.06. The van der Waals surface area contributed by atoms with Gasteiger partial charge in [-0.1, -0.05) is 70.6 Å². The van der Waals surface area contributed by atoms with Crippen molar-refractivity contribution in [1.29, 1.82) is 0 Å². The molecule has 0 saturated carbocycles. The third-order valence-electron chi connectivity index (χ3n) is 5.44. The summed E-state index contributed by atoms with van der Waals surface area (Å²) in [6.07, 6.45) is 15.9. The van der Waals surface area contributed by atoms with Crippen LogP contribution in [0.1, 0.15) is 100 Å². The molecule has 7 heteroatoms. The number of anilines is 1. The zero-order chi connectivity index (χ0) is 23.4. The van der Waals surface area contributed by atoms with Crippen LogP contribution in [-0.2, 0) is 9.59 Å². The molecule has 4 N–H and O–H groups in total. The molecule has 0 saturated heterocycles. The number of unbranched alkanes of at least 4 members (excludes halogenated alkanes) is 12. The summed E-state index contributed by atoms with van der Waals surface area (Å²) in [7, 11) is 0. The molecule has 1 rings (SSSR count). The molecule has 0 heterocycles. The van der Waals surface area contributed by atoms with E-state index in [-0.39, 0.29) is 12.5 Å². The Morgan fingerprint density at radius 1 is 0.625 bits per heavy atom. The van der Waals surface area contributed by atoms with Gasteiger partial charge in [0.1, 0.15) is 6.54 Å². The standard InChI is InChI=1S/C25H40N2O5/c28-23(29)14-12-10-8-6-4-2-1-3-5-7-9-11-13-19-26-22-17-15-21(16-18-22)25(32)27-20-24(30)31/h15-18,26H,1-14,19-20H2,(H,27,32)(H,28,29)(H,30,31). The molecule has 0 fully saturated rings. The number of benzene rings is 1. The molecule has 0 unspecified atom stereocenters. The maximum absolute atomic E-state index is 11.8. The third-order valence-corrected chi connectivity index (χ3v) is 5.44. The van der Waals surface area contributed by atoms with Crippen LogP contribution in [0.2, 0.25) is 0 Å². The fourth-order valence-corrected chi connectivity index (χ4v) is 3.58. The van der Waals surface area contributed by atoms with Crippen molar-refractivity contribution < 1.29 is 24.6 Å². The van der Waals surface area contributed by atoms with Crippen LogP contribution in [-0.4, -0.2) is 41.1 Å². The smallest absolute Gasteiger partial charge is 0.322 e. The second-order valence-corrected chi connectivity index (χ2v) is 8.32. The summed E-state index contributed by atoms with van der Waals surface area (Å²) in [5.41, 5.74) is 1.41. The predicted octanol–water partition coefficient (Wildman–Crippen LogP) is 5.46. The normalized spacial score (nSPS) is 10.6. The van der Waals surface area contributed by atoms with Gasteiger partial charge in [0.2, 0.25) is 0 Å². The number of aliphatic carboxylic acids is 2. The highest BCUT2D eigenvalue weighted by atomic mass is 16.4. The highest BCUT2D eigenvalue weighted by Crippen LogP contribution is 2.14. The first-order valence-corrected chi connectivity index (χ1v) is 12.0. The van der Waals surface area contributed by atoms with Gasteiger partial charge in [0.15, 0.2) is 0 Å². The number of nitrogens with one attached hydrogen (secondary N) is 2. The summed E-state index contributed by atoms with van der Waals surface area (Å²) in [4.78, 5) is 32.7. The Morgan fingerprint density at radius 2 is 1.09 bits per heavy atom. The summed E-state index contributed by atoms with van der Waals surface area (Å²) < 4.78 is 0. The first-order valence-electron chi connectivity index (χ1n) is 12.0. The van der Waals surface area contributed by atoms with Gasteiger partial charge in [-0.25, -0.2) is 0 Å². The van der Waals surface area contributed by atoms with Crippen LogP contribution in [0.5, 0.6) is 0 Å². The molecule has 0 spiro atoms. The number of carboxylic acid groups (broad SMARTS) is 2. The van der Waals surface area contributed by atoms with Gasteiger partial charge in [-0.2, -0.15) is 0 Å². The topological polar surface area (TPSA) is 116 Å². The van der Waals surface area contributed by atoms with Gasteiger partial charge in [-0.05, 0) is 37.1 Å². The average Bonchev–Trinajstić information content (AvgIpc) is 2.77. The van der Waals surface area contributed by atoms with Crippen molar-refractivity contribution in [2.24, 2.45) is 0 Å². The Morgan fingerprint density at radius 3 is 1.56 bits per heavy atom. The van der Waals surface area contributed by atoms with Crippen LogP contribution in [0.4, 0.5) is 5.69 Å². The molecule has 1 amide bonds. The number of hydrogen-bond acceptors (Lipinski definition) is 4. The van der Waals surface area contributed by atoms with E-state index < -0.39 is 11.9 Å². The lowest BCUT2D eigenvalue weighted by molar-refractivity contribution is -0.137. The van der Waals surface area contributed by atoms with E-state index in [1.54, 1.807) is 12.1 Å². The van der Waals surface area contributed by atoms with Gasteiger partial charge in [-0.3, -0.25) is 14.4 Å². The lowest BCUT2D eigenvalue weighted by atomic mass is 10.0. The third kappa shape index (κ3) is 15.3. The Kier molecular flexibility index (Phi) is 15.5. The Balaban J connectivity index is 1.90. The monoisotopic (exact) mass is 448 g/mol. The minimum Gasteiger partial charge on any atom is -0.481 e. The van der Waals surface area contributed by atoms with Crippen LogP contribution in [0.25, 0.3) is 0 Å². The van der Waals surface area contributed by atoms with E-state index in [1.807, 2.05) is 12.1 Å². The summed E-state index contributed by atoms with van der Waals surface area (Å²) >= 11 is 0. The number of carboxylic acids is 2. The number of amides is 1. The zero-order valence-electron chi connectivity index (χ0n) is 19.2. The van der Waals surface area contributed by atoms with Crippen molar-refractivity contribution in [3.05, 3.63) is 29.8 Å². The summed E-state index contributed by atoms with van der Waals surface area (Å²) in [6, 6.07) is 7.06. The Bertz CT molecular complexity index is 661. The maximum atomic E-state index is 11.8. The van der Waals surface area contributed by atoms with Gasteiger partial charge in [-0.15, -0.1) is 0 Å². The minimum atomic E-state index is -1.06. The molecule has 0 bridgehead atoms. The molecular formula is C25H40N2O5. The lowest BCUT2D eigenvalue weighted by Gasteiger charge is -2.08. The first kappa shape index (κ1) is 27.5. The molecular weight excluding hydrogens is 408 g/mol. The second kappa shape index (κ2) is 18.0. The lowest BCUT2D eigenvalue weighted by Crippen LogP contribution is -2.29. The van der Waals surface area contributed by atoms with E-state index in [1.165, 1.54) is 57.8 Å². The molecule has 32 heavy (non-hydrogen) atoms. The fourth-order valence-electron chi connectivity index (χ4n) is 3.58. The molecule has 0 radical (unpaired) electrons. The zero-order valence-corrected chi connectivity index (χ0v) is 19.2. The number of rotatable bonds is 20. The SMILES string of the molecule is O=C(O)CCCCCCCCCCCCCCCNc1ccc(C(=O)NCC(=O)O)cc1. The van der Waals surface area contributed by atoms with Gasteiger partial charge in [0, 0.05) is 24.2 Å².